The van der Waals surface area contributed by atoms with Gasteiger partial charge in [0.25, 0.3) is 0 Å². The van der Waals surface area contributed by atoms with Gasteiger partial charge in [0.15, 0.2) is 0 Å². The second-order valence-electron chi connectivity index (χ2n) is 6.78. The molecule has 1 aromatic rings. The van der Waals surface area contributed by atoms with E-state index in [0.717, 1.165) is 31.2 Å². The monoisotopic (exact) mass is 321 g/mol. The maximum atomic E-state index is 6.25. The first-order valence-electron chi connectivity index (χ1n) is 8.67. The van der Waals surface area contributed by atoms with E-state index in [2.05, 4.69) is 40.2 Å². The zero-order valence-electron chi connectivity index (χ0n) is 13.6. The summed E-state index contributed by atoms with van der Waals surface area (Å²) in [6.07, 6.45) is 4.09. The lowest BCUT2D eigenvalue weighted by Gasteiger charge is -2.41. The van der Waals surface area contributed by atoms with Gasteiger partial charge in [-0.3, -0.25) is 4.90 Å². The predicted molar refractivity (Wildman–Crippen MR) is 93.5 cm³/mol. The van der Waals surface area contributed by atoms with E-state index in [0.29, 0.717) is 12.1 Å². The Morgan fingerprint density at radius 1 is 1.23 bits per heavy atom. The van der Waals surface area contributed by atoms with Crippen LogP contribution in [0.5, 0.6) is 0 Å². The summed E-state index contributed by atoms with van der Waals surface area (Å²) in [7, 11) is 0. The third-order valence-corrected chi connectivity index (χ3v) is 5.19. The van der Waals surface area contributed by atoms with Crippen molar-refractivity contribution in [2.45, 2.75) is 38.3 Å². The normalized spacial score (nSPS) is 26.0. The van der Waals surface area contributed by atoms with Crippen LogP contribution in [0, 0.1) is 0 Å². The molecular formula is C18H28ClN3. The van der Waals surface area contributed by atoms with Crippen LogP contribution in [-0.2, 0) is 0 Å². The van der Waals surface area contributed by atoms with Gasteiger partial charge >= 0.3 is 0 Å². The first kappa shape index (κ1) is 16.3. The number of nitrogens with one attached hydrogen (secondary N) is 1. The summed E-state index contributed by atoms with van der Waals surface area (Å²) in [5, 5.41) is 4.40. The lowest BCUT2D eigenvalue weighted by Crippen LogP contribution is -2.52. The molecule has 0 bridgehead atoms. The molecule has 0 spiro atoms. The standard InChI is InChI=1S/C18H28ClN3/c1-15-13-22(11-8-20-15)18(14-21-9-3-2-4-10-21)16-6-5-7-17(19)12-16/h5-7,12,15,18,20H,2-4,8-11,13-14H2,1H3. The second kappa shape index (κ2) is 7.78. The summed E-state index contributed by atoms with van der Waals surface area (Å²) >= 11 is 6.25. The highest BCUT2D eigenvalue weighted by molar-refractivity contribution is 6.30. The molecule has 0 radical (unpaired) electrons. The summed E-state index contributed by atoms with van der Waals surface area (Å²) in [6.45, 7) is 9.23. The minimum atomic E-state index is 0.460. The van der Waals surface area contributed by atoms with Gasteiger partial charge < -0.3 is 10.2 Å². The highest BCUT2D eigenvalue weighted by atomic mass is 35.5. The average molecular weight is 322 g/mol. The number of nitrogens with zero attached hydrogens (tertiary/aromatic N) is 2. The molecule has 22 heavy (non-hydrogen) atoms. The van der Waals surface area contributed by atoms with Crippen LogP contribution < -0.4 is 5.32 Å². The largest absolute Gasteiger partial charge is 0.312 e. The Balaban J connectivity index is 1.77. The van der Waals surface area contributed by atoms with Gasteiger partial charge in [-0.25, -0.2) is 0 Å². The molecule has 0 saturated carbocycles. The van der Waals surface area contributed by atoms with Crippen LogP contribution in [0.2, 0.25) is 5.02 Å². The fourth-order valence-electron chi connectivity index (χ4n) is 3.78. The molecule has 2 unspecified atom stereocenters. The minimum absolute atomic E-state index is 0.460. The highest BCUT2D eigenvalue weighted by Gasteiger charge is 2.27. The van der Waals surface area contributed by atoms with Crippen LogP contribution in [-0.4, -0.2) is 55.1 Å². The molecule has 1 aromatic carbocycles. The van der Waals surface area contributed by atoms with Gasteiger partial charge in [-0.2, -0.15) is 0 Å². The maximum Gasteiger partial charge on any atom is 0.0476 e. The lowest BCUT2D eigenvalue weighted by atomic mass is 10.0. The highest BCUT2D eigenvalue weighted by Crippen LogP contribution is 2.26. The summed E-state index contributed by atoms with van der Waals surface area (Å²) in [5.41, 5.74) is 1.37. The molecule has 0 aliphatic carbocycles. The summed E-state index contributed by atoms with van der Waals surface area (Å²) in [5.74, 6) is 0. The van der Waals surface area contributed by atoms with Crippen molar-refractivity contribution in [3.05, 3.63) is 34.9 Å². The van der Waals surface area contributed by atoms with E-state index in [9.17, 15) is 0 Å². The van der Waals surface area contributed by atoms with Crippen LogP contribution in [0.3, 0.4) is 0 Å². The Labute approximate surface area is 139 Å². The summed E-state index contributed by atoms with van der Waals surface area (Å²) in [4.78, 5) is 5.28. The van der Waals surface area contributed by atoms with Crippen LogP contribution >= 0.6 is 11.6 Å². The average Bonchev–Trinajstić information content (AvgIpc) is 2.53. The first-order valence-corrected chi connectivity index (χ1v) is 9.05. The van der Waals surface area contributed by atoms with E-state index in [1.165, 1.54) is 37.9 Å². The van der Waals surface area contributed by atoms with E-state index in [1.54, 1.807) is 0 Å². The molecule has 3 nitrogen and oxygen atoms in total. The van der Waals surface area contributed by atoms with Crippen molar-refractivity contribution >= 4 is 11.6 Å². The van der Waals surface area contributed by atoms with Crippen LogP contribution in [0.1, 0.15) is 37.8 Å². The van der Waals surface area contributed by atoms with Crippen molar-refractivity contribution in [1.82, 2.24) is 15.1 Å². The van der Waals surface area contributed by atoms with Gasteiger partial charge in [0.2, 0.25) is 0 Å². The second-order valence-corrected chi connectivity index (χ2v) is 7.22. The number of piperidine rings is 1. The minimum Gasteiger partial charge on any atom is -0.312 e. The summed E-state index contributed by atoms with van der Waals surface area (Å²) < 4.78 is 0. The zero-order valence-corrected chi connectivity index (χ0v) is 14.4. The zero-order chi connectivity index (χ0) is 15.4. The number of piperazine rings is 1. The van der Waals surface area contributed by atoms with Gasteiger partial charge in [0, 0.05) is 43.3 Å². The molecular weight excluding hydrogens is 294 g/mol. The SMILES string of the molecule is CC1CN(C(CN2CCCCC2)c2cccc(Cl)c2)CCN1. The van der Waals surface area contributed by atoms with Crippen LogP contribution in [0.25, 0.3) is 0 Å². The molecule has 4 heteroatoms. The molecule has 2 aliphatic heterocycles. The van der Waals surface area contributed by atoms with Gasteiger partial charge in [0.1, 0.15) is 0 Å². The van der Waals surface area contributed by atoms with E-state index in [-0.39, 0.29) is 0 Å². The van der Waals surface area contributed by atoms with E-state index in [4.69, 9.17) is 11.6 Å². The molecule has 2 heterocycles. The van der Waals surface area contributed by atoms with Gasteiger partial charge in [0.05, 0.1) is 0 Å². The topological polar surface area (TPSA) is 18.5 Å². The quantitative estimate of drug-likeness (QED) is 0.919. The van der Waals surface area contributed by atoms with Crippen molar-refractivity contribution in [1.29, 1.82) is 0 Å². The third kappa shape index (κ3) is 4.23. The molecule has 2 fully saturated rings. The number of benzene rings is 1. The van der Waals surface area contributed by atoms with Crippen molar-refractivity contribution in [2.75, 3.05) is 39.3 Å². The molecule has 1 N–H and O–H groups in total. The van der Waals surface area contributed by atoms with Gasteiger partial charge in [-0.1, -0.05) is 30.2 Å². The van der Waals surface area contributed by atoms with Crippen molar-refractivity contribution < 1.29 is 0 Å². The van der Waals surface area contributed by atoms with Crippen molar-refractivity contribution in [3.8, 4) is 0 Å². The number of likely N-dealkylation sites (tertiary alicyclic amines) is 1. The number of halogens is 1. The van der Waals surface area contributed by atoms with Crippen LogP contribution in [0.4, 0.5) is 0 Å². The van der Waals surface area contributed by atoms with Crippen molar-refractivity contribution in [3.63, 3.8) is 0 Å². The Morgan fingerprint density at radius 3 is 2.77 bits per heavy atom. The molecule has 2 atom stereocenters. The fraction of sp³-hybridized carbons (Fsp3) is 0.667. The fourth-order valence-corrected chi connectivity index (χ4v) is 3.98. The molecule has 122 valence electrons. The molecule has 2 aliphatic rings. The Hall–Kier alpha value is -0.610. The summed E-state index contributed by atoms with van der Waals surface area (Å²) in [6, 6.07) is 9.49. The molecule has 3 rings (SSSR count). The number of hydrogen-bond donors (Lipinski definition) is 1. The molecule has 2 saturated heterocycles. The van der Waals surface area contributed by atoms with Crippen molar-refractivity contribution in [2.24, 2.45) is 0 Å². The lowest BCUT2D eigenvalue weighted by molar-refractivity contribution is 0.100. The van der Waals surface area contributed by atoms with Crippen LogP contribution in [0.15, 0.2) is 24.3 Å². The number of rotatable bonds is 4. The number of hydrogen-bond acceptors (Lipinski definition) is 3. The first-order chi connectivity index (χ1) is 10.7. The van der Waals surface area contributed by atoms with E-state index < -0.39 is 0 Å². The third-order valence-electron chi connectivity index (χ3n) is 4.95. The molecule has 0 amide bonds. The maximum absolute atomic E-state index is 6.25. The van der Waals surface area contributed by atoms with E-state index in [1.807, 2.05) is 6.07 Å². The Kier molecular flexibility index (Phi) is 5.75. The van der Waals surface area contributed by atoms with E-state index >= 15 is 0 Å². The smallest absolute Gasteiger partial charge is 0.0476 e. The predicted octanol–water partition coefficient (Wildman–Crippen LogP) is 3.16. The van der Waals surface area contributed by atoms with Gasteiger partial charge in [-0.15, -0.1) is 0 Å². The van der Waals surface area contributed by atoms with Gasteiger partial charge in [-0.05, 0) is 50.6 Å². The molecule has 0 aromatic heterocycles. The Morgan fingerprint density at radius 2 is 2.05 bits per heavy atom. The Bertz CT molecular complexity index is 473.